The van der Waals surface area contributed by atoms with Crippen LogP contribution in [0.4, 0.5) is 0 Å². The van der Waals surface area contributed by atoms with Gasteiger partial charge in [-0.2, -0.15) is 0 Å². The van der Waals surface area contributed by atoms with Gasteiger partial charge < -0.3 is 0 Å². The van der Waals surface area contributed by atoms with Crippen molar-refractivity contribution in [3.05, 3.63) is 17.7 Å². The summed E-state index contributed by atoms with van der Waals surface area (Å²) in [5.41, 5.74) is 0. The molecule has 0 bridgehead atoms. The van der Waals surface area contributed by atoms with Gasteiger partial charge in [0, 0.05) is 19.3 Å². The fourth-order valence-electron chi connectivity index (χ4n) is 0.520. The summed E-state index contributed by atoms with van der Waals surface area (Å²) < 4.78 is 1.27. The van der Waals surface area contributed by atoms with Crippen molar-refractivity contribution in [3.8, 4) is 0 Å². The summed E-state index contributed by atoms with van der Waals surface area (Å²) in [5.74, 6) is -0.127. The van der Waals surface area contributed by atoms with Gasteiger partial charge in [0.15, 0.2) is 0 Å². The Bertz CT molecular complexity index is 231. The molecule has 0 spiro atoms. The Labute approximate surface area is 57.3 Å². The minimum atomic E-state index is -0.127. The highest BCUT2D eigenvalue weighted by Crippen LogP contribution is 2.02. The van der Waals surface area contributed by atoms with Crippen LogP contribution in [0.15, 0.2) is 12.4 Å². The molecule has 0 aliphatic rings. The lowest BCUT2D eigenvalue weighted by Crippen LogP contribution is -2.02. The molecule has 0 radical (unpaired) electrons. The molecule has 3 nitrogen and oxygen atoms in total. The number of aromatic nitrogens is 2. The maximum Gasteiger partial charge on any atom is 0.229 e. The van der Waals surface area contributed by atoms with Crippen LogP contribution in [-0.2, 0) is 0 Å². The molecule has 0 atom stereocenters. The monoisotopic (exact) mass is 144 g/mol. The molecule has 0 saturated heterocycles. The molecule has 1 heterocycles. The second kappa shape index (κ2) is 2.19. The van der Waals surface area contributed by atoms with E-state index in [-0.39, 0.29) is 11.2 Å². The van der Waals surface area contributed by atoms with Crippen molar-refractivity contribution in [1.82, 2.24) is 9.55 Å². The zero-order chi connectivity index (χ0) is 6.85. The maximum absolute atomic E-state index is 10.6. The third kappa shape index (κ3) is 1.10. The number of imidazole rings is 1. The van der Waals surface area contributed by atoms with Crippen molar-refractivity contribution in [2.45, 2.75) is 6.92 Å². The molecule has 48 valence electrons. The van der Waals surface area contributed by atoms with Crippen LogP contribution in [0.5, 0.6) is 0 Å². The number of nitrogens with zero attached hydrogens (tertiary/aromatic N) is 2. The second-order valence-electron chi connectivity index (χ2n) is 1.59. The highest BCUT2D eigenvalue weighted by Gasteiger charge is 2.00. The SMILES string of the molecule is CC(=O)n1ccnc1Cl. The highest BCUT2D eigenvalue weighted by atomic mass is 35.5. The van der Waals surface area contributed by atoms with Gasteiger partial charge in [-0.1, -0.05) is 0 Å². The number of rotatable bonds is 0. The summed E-state index contributed by atoms with van der Waals surface area (Å²) in [6.07, 6.45) is 2.99. The zero-order valence-corrected chi connectivity index (χ0v) is 5.59. The van der Waals surface area contributed by atoms with E-state index in [0.29, 0.717) is 0 Å². The fourth-order valence-corrected chi connectivity index (χ4v) is 0.752. The van der Waals surface area contributed by atoms with Gasteiger partial charge in [-0.3, -0.25) is 9.36 Å². The molecule has 1 aromatic heterocycles. The van der Waals surface area contributed by atoms with Crippen molar-refractivity contribution < 1.29 is 4.79 Å². The maximum atomic E-state index is 10.6. The summed E-state index contributed by atoms with van der Waals surface area (Å²) in [6, 6.07) is 0. The van der Waals surface area contributed by atoms with Crippen molar-refractivity contribution in [1.29, 1.82) is 0 Å². The summed E-state index contributed by atoms with van der Waals surface area (Å²) in [5, 5.41) is 0.211. The van der Waals surface area contributed by atoms with Crippen molar-refractivity contribution >= 4 is 17.5 Å². The average molecular weight is 145 g/mol. The van der Waals surface area contributed by atoms with E-state index in [4.69, 9.17) is 11.6 Å². The molecule has 0 unspecified atom stereocenters. The van der Waals surface area contributed by atoms with Crippen LogP contribution in [0.3, 0.4) is 0 Å². The van der Waals surface area contributed by atoms with Gasteiger partial charge in [-0.15, -0.1) is 0 Å². The molecular formula is C5H5ClN2O. The van der Waals surface area contributed by atoms with Crippen LogP contribution in [0.1, 0.15) is 11.7 Å². The van der Waals surface area contributed by atoms with Gasteiger partial charge in [-0.05, 0) is 11.6 Å². The molecule has 0 amide bonds. The molecule has 4 heteroatoms. The standard InChI is InChI=1S/C5H5ClN2O/c1-4(9)8-3-2-7-5(8)6/h2-3H,1H3. The molecule has 1 aromatic rings. The molecule has 0 fully saturated rings. The summed E-state index contributed by atoms with van der Waals surface area (Å²) >= 11 is 5.47. The third-order valence-corrected chi connectivity index (χ3v) is 1.21. The zero-order valence-electron chi connectivity index (χ0n) is 4.84. The molecule has 0 aromatic carbocycles. The lowest BCUT2D eigenvalue weighted by Gasteiger charge is -1.92. The Hall–Kier alpha value is -0.830. The normalized spacial score (nSPS) is 9.56. The van der Waals surface area contributed by atoms with Crippen LogP contribution >= 0.6 is 11.6 Å². The molecule has 0 aliphatic heterocycles. The van der Waals surface area contributed by atoms with Crippen LogP contribution in [-0.4, -0.2) is 15.5 Å². The van der Waals surface area contributed by atoms with Gasteiger partial charge >= 0.3 is 0 Å². The van der Waals surface area contributed by atoms with Crippen molar-refractivity contribution in [3.63, 3.8) is 0 Å². The Morgan fingerprint density at radius 2 is 2.56 bits per heavy atom. The van der Waals surface area contributed by atoms with Crippen molar-refractivity contribution in [2.24, 2.45) is 0 Å². The molecule has 0 aliphatic carbocycles. The molecule has 9 heavy (non-hydrogen) atoms. The van der Waals surface area contributed by atoms with Crippen LogP contribution < -0.4 is 0 Å². The Balaban J connectivity index is 3.08. The van der Waals surface area contributed by atoms with E-state index >= 15 is 0 Å². The lowest BCUT2D eigenvalue weighted by atomic mass is 10.7. The van der Waals surface area contributed by atoms with E-state index in [2.05, 4.69) is 4.98 Å². The van der Waals surface area contributed by atoms with E-state index in [1.54, 1.807) is 0 Å². The molecular weight excluding hydrogens is 140 g/mol. The van der Waals surface area contributed by atoms with Crippen molar-refractivity contribution in [2.75, 3.05) is 0 Å². The largest absolute Gasteiger partial charge is 0.274 e. The van der Waals surface area contributed by atoms with E-state index in [1.165, 1.54) is 23.9 Å². The minimum Gasteiger partial charge on any atom is -0.274 e. The smallest absolute Gasteiger partial charge is 0.229 e. The Kier molecular flexibility index (Phi) is 1.53. The molecule has 0 N–H and O–H groups in total. The van der Waals surface area contributed by atoms with E-state index in [0.717, 1.165) is 0 Å². The number of carbonyl (C=O) groups excluding carboxylic acids is 1. The van der Waals surface area contributed by atoms with E-state index < -0.39 is 0 Å². The Morgan fingerprint density at radius 1 is 1.89 bits per heavy atom. The topological polar surface area (TPSA) is 34.9 Å². The summed E-state index contributed by atoms with van der Waals surface area (Å²) in [4.78, 5) is 14.2. The first-order valence-corrected chi connectivity index (χ1v) is 2.79. The summed E-state index contributed by atoms with van der Waals surface area (Å²) in [6.45, 7) is 1.42. The van der Waals surface area contributed by atoms with Gasteiger partial charge in [0.1, 0.15) is 0 Å². The van der Waals surface area contributed by atoms with E-state index in [1.807, 2.05) is 0 Å². The number of carbonyl (C=O) groups is 1. The molecule has 1 rings (SSSR count). The molecule has 0 saturated carbocycles. The average Bonchev–Trinajstić information content (AvgIpc) is 2.13. The number of hydrogen-bond acceptors (Lipinski definition) is 2. The van der Waals surface area contributed by atoms with Gasteiger partial charge in [0.05, 0.1) is 0 Å². The Morgan fingerprint density at radius 3 is 2.78 bits per heavy atom. The van der Waals surface area contributed by atoms with Crippen LogP contribution in [0.25, 0.3) is 0 Å². The van der Waals surface area contributed by atoms with E-state index in [9.17, 15) is 4.79 Å². The number of halogens is 1. The lowest BCUT2D eigenvalue weighted by molar-refractivity contribution is 0.0937. The minimum absolute atomic E-state index is 0.127. The quantitative estimate of drug-likeness (QED) is 0.549. The van der Waals surface area contributed by atoms with Crippen LogP contribution in [0, 0.1) is 0 Å². The third-order valence-electron chi connectivity index (χ3n) is 0.935. The summed E-state index contributed by atoms with van der Waals surface area (Å²) in [7, 11) is 0. The first kappa shape index (κ1) is 6.29. The first-order chi connectivity index (χ1) is 4.22. The van der Waals surface area contributed by atoms with Gasteiger partial charge in [-0.25, -0.2) is 4.98 Å². The predicted molar refractivity (Wildman–Crippen MR) is 33.5 cm³/mol. The number of hydrogen-bond donors (Lipinski definition) is 0. The first-order valence-electron chi connectivity index (χ1n) is 2.41. The predicted octanol–water partition coefficient (Wildman–Crippen LogP) is 1.20. The van der Waals surface area contributed by atoms with Crippen LogP contribution in [0.2, 0.25) is 5.28 Å². The fraction of sp³-hybridized carbons (Fsp3) is 0.200. The van der Waals surface area contributed by atoms with Gasteiger partial charge in [0.2, 0.25) is 11.2 Å². The van der Waals surface area contributed by atoms with Gasteiger partial charge in [0.25, 0.3) is 0 Å². The highest BCUT2D eigenvalue weighted by molar-refractivity contribution is 6.29. The second-order valence-corrected chi connectivity index (χ2v) is 1.92.